The number of nitrogens with zero attached hydrogens (tertiary/aromatic N) is 2. The molecule has 0 radical (unpaired) electrons. The summed E-state index contributed by atoms with van der Waals surface area (Å²) in [5, 5.41) is 12.2. The van der Waals surface area contributed by atoms with Gasteiger partial charge in [-0.25, -0.2) is 12.8 Å². The van der Waals surface area contributed by atoms with Crippen molar-refractivity contribution < 1.29 is 53.8 Å². The summed E-state index contributed by atoms with van der Waals surface area (Å²) in [6, 6.07) is 3.83. The smallest absolute Gasteiger partial charge is 0.369 e. The molecule has 39 heavy (non-hydrogen) atoms. The predicted octanol–water partition coefficient (Wildman–Crippen LogP) is 2.95. The summed E-state index contributed by atoms with van der Waals surface area (Å²) in [6.45, 7) is -0.397. The first-order valence-corrected chi connectivity index (χ1v) is 12.7. The molecule has 2 aromatic carbocycles. The molecule has 0 unspecified atom stereocenters. The van der Waals surface area contributed by atoms with Gasteiger partial charge in [0.15, 0.2) is 0 Å². The molecule has 0 aromatic heterocycles. The minimum Gasteiger partial charge on any atom is -0.369 e. The van der Waals surface area contributed by atoms with Crippen LogP contribution in [0.3, 0.4) is 0 Å². The van der Waals surface area contributed by atoms with Crippen LogP contribution in [0.2, 0.25) is 0 Å². The van der Waals surface area contributed by atoms with Crippen LogP contribution in [0, 0.1) is 5.82 Å². The third kappa shape index (κ3) is 5.02. The molecule has 1 atom stereocenters. The summed E-state index contributed by atoms with van der Waals surface area (Å²) < 4.78 is 122. The number of rotatable bonds is 5. The second-order valence-corrected chi connectivity index (χ2v) is 10.9. The Morgan fingerprint density at radius 1 is 1.03 bits per heavy atom. The van der Waals surface area contributed by atoms with Gasteiger partial charge in [0.2, 0.25) is 11.8 Å². The first-order chi connectivity index (χ1) is 18.0. The standard InChI is InChI=1S/C23H20F7N3O5S/c24-15-3-6-17(7-4-15)39(37,38)33-16(10-20(35)32-11-19(34)31-12-32)5-1-13-9-14(2-8-18(13)33)21(36,22(25,26)27)23(28,29)30/h2-4,6-9,16,36H,1,5,10-12H2,(H,31,34)/t16-/m0/s1. The maximum atomic E-state index is 13.6. The van der Waals surface area contributed by atoms with Gasteiger partial charge in [0, 0.05) is 12.0 Å². The largest absolute Gasteiger partial charge is 0.430 e. The van der Waals surface area contributed by atoms with E-state index < -0.39 is 68.5 Å². The number of alkyl halides is 6. The third-order valence-corrected chi connectivity index (χ3v) is 8.45. The molecule has 2 aliphatic rings. The summed E-state index contributed by atoms with van der Waals surface area (Å²) in [6.07, 6.45) is -13.2. The van der Waals surface area contributed by atoms with Crippen molar-refractivity contribution in [1.82, 2.24) is 10.2 Å². The van der Waals surface area contributed by atoms with E-state index in [1.54, 1.807) is 0 Å². The van der Waals surface area contributed by atoms with Crippen LogP contribution in [0.4, 0.5) is 36.4 Å². The van der Waals surface area contributed by atoms with Crippen molar-refractivity contribution in [2.75, 3.05) is 17.5 Å². The number of sulfonamides is 1. The Balaban J connectivity index is 1.81. The molecule has 2 N–H and O–H groups in total. The number of halogens is 7. The minimum absolute atomic E-state index is 0.123. The molecule has 1 saturated heterocycles. The fraction of sp³-hybridized carbons (Fsp3) is 0.391. The van der Waals surface area contributed by atoms with Crippen molar-refractivity contribution in [2.45, 2.75) is 48.2 Å². The lowest BCUT2D eigenvalue weighted by Gasteiger charge is -2.39. The second-order valence-electron chi connectivity index (χ2n) is 9.05. The number of amides is 2. The fourth-order valence-electron chi connectivity index (χ4n) is 4.56. The molecule has 212 valence electrons. The van der Waals surface area contributed by atoms with Crippen LogP contribution >= 0.6 is 0 Å². The second kappa shape index (κ2) is 9.66. The number of hydrogen-bond donors (Lipinski definition) is 2. The number of carbonyl (C=O) groups excluding carboxylic acids is 2. The van der Waals surface area contributed by atoms with Gasteiger partial charge in [-0.3, -0.25) is 13.9 Å². The van der Waals surface area contributed by atoms with E-state index in [1.165, 1.54) is 0 Å². The molecule has 16 heteroatoms. The van der Waals surface area contributed by atoms with E-state index >= 15 is 0 Å². The highest BCUT2D eigenvalue weighted by Crippen LogP contribution is 2.51. The van der Waals surface area contributed by atoms with Gasteiger partial charge >= 0.3 is 12.4 Å². The van der Waals surface area contributed by atoms with Gasteiger partial charge in [0.1, 0.15) is 12.4 Å². The molecular weight excluding hydrogens is 563 g/mol. The molecule has 8 nitrogen and oxygen atoms in total. The van der Waals surface area contributed by atoms with Crippen LogP contribution in [0.15, 0.2) is 47.4 Å². The highest BCUT2D eigenvalue weighted by molar-refractivity contribution is 7.92. The number of aliphatic hydroxyl groups is 1. The van der Waals surface area contributed by atoms with Crippen molar-refractivity contribution in [1.29, 1.82) is 0 Å². The molecule has 0 bridgehead atoms. The highest BCUT2D eigenvalue weighted by atomic mass is 32.2. The molecule has 0 aliphatic carbocycles. The molecule has 0 spiro atoms. The number of carbonyl (C=O) groups is 2. The summed E-state index contributed by atoms with van der Waals surface area (Å²) in [7, 11) is -4.62. The molecule has 0 saturated carbocycles. The van der Waals surface area contributed by atoms with Crippen LogP contribution in [0.25, 0.3) is 0 Å². The number of hydrogen-bond acceptors (Lipinski definition) is 5. The summed E-state index contributed by atoms with van der Waals surface area (Å²) in [4.78, 5) is 25.0. The van der Waals surface area contributed by atoms with E-state index in [1.807, 2.05) is 0 Å². The van der Waals surface area contributed by atoms with Crippen LogP contribution in [0.1, 0.15) is 24.0 Å². The van der Waals surface area contributed by atoms with Crippen LogP contribution in [0.5, 0.6) is 0 Å². The topological polar surface area (TPSA) is 107 Å². The molecule has 2 aromatic rings. The Hall–Kier alpha value is -3.40. The van der Waals surface area contributed by atoms with Crippen molar-refractivity contribution in [3.05, 3.63) is 59.4 Å². The number of nitrogens with one attached hydrogen (secondary N) is 1. The average Bonchev–Trinajstić information content (AvgIpc) is 3.28. The number of aryl methyl sites for hydroxylation is 1. The summed E-state index contributed by atoms with van der Waals surface area (Å²) in [5.74, 6) is -1.84. The van der Waals surface area contributed by atoms with Gasteiger partial charge in [-0.2, -0.15) is 26.3 Å². The van der Waals surface area contributed by atoms with E-state index in [0.29, 0.717) is 22.5 Å². The Labute approximate surface area is 217 Å². The van der Waals surface area contributed by atoms with Gasteiger partial charge < -0.3 is 15.3 Å². The lowest BCUT2D eigenvalue weighted by atomic mass is 9.87. The Kier molecular flexibility index (Phi) is 7.08. The van der Waals surface area contributed by atoms with E-state index in [-0.39, 0.29) is 37.3 Å². The Bertz CT molecular complexity index is 1380. The molecule has 1 fully saturated rings. The fourth-order valence-corrected chi connectivity index (χ4v) is 6.27. The Morgan fingerprint density at radius 2 is 1.64 bits per heavy atom. The van der Waals surface area contributed by atoms with E-state index in [0.717, 1.165) is 29.2 Å². The van der Waals surface area contributed by atoms with Crippen LogP contribution < -0.4 is 9.62 Å². The third-order valence-electron chi connectivity index (χ3n) is 6.57. The van der Waals surface area contributed by atoms with Crippen LogP contribution in [-0.2, 0) is 31.6 Å². The molecular formula is C23H20F7N3O5S. The van der Waals surface area contributed by atoms with Gasteiger partial charge in [0.05, 0.1) is 23.3 Å². The number of anilines is 1. The monoisotopic (exact) mass is 583 g/mol. The van der Waals surface area contributed by atoms with E-state index in [9.17, 15) is 53.8 Å². The summed E-state index contributed by atoms with van der Waals surface area (Å²) >= 11 is 0. The van der Waals surface area contributed by atoms with E-state index in [2.05, 4.69) is 5.32 Å². The van der Waals surface area contributed by atoms with Gasteiger partial charge in [-0.05, 0) is 48.7 Å². The average molecular weight is 583 g/mol. The molecule has 2 aliphatic heterocycles. The predicted molar refractivity (Wildman–Crippen MR) is 120 cm³/mol. The summed E-state index contributed by atoms with van der Waals surface area (Å²) in [5.41, 5.74) is -7.35. The maximum Gasteiger partial charge on any atom is 0.430 e. The number of benzene rings is 2. The molecule has 2 amide bonds. The Morgan fingerprint density at radius 3 is 2.18 bits per heavy atom. The number of fused-ring (bicyclic) bond motifs is 1. The zero-order valence-electron chi connectivity index (χ0n) is 19.7. The lowest BCUT2D eigenvalue weighted by molar-refractivity contribution is -0.376. The maximum absolute atomic E-state index is 13.6. The minimum atomic E-state index is -6.15. The van der Waals surface area contributed by atoms with Crippen molar-refractivity contribution in [2.24, 2.45) is 0 Å². The first kappa shape index (κ1) is 28.6. The zero-order valence-corrected chi connectivity index (χ0v) is 20.5. The highest BCUT2D eigenvalue weighted by Gasteiger charge is 2.71. The van der Waals surface area contributed by atoms with Crippen molar-refractivity contribution in [3.8, 4) is 0 Å². The molecule has 4 rings (SSSR count). The van der Waals surface area contributed by atoms with Gasteiger partial charge in [-0.1, -0.05) is 12.1 Å². The van der Waals surface area contributed by atoms with Crippen LogP contribution in [-0.4, -0.2) is 61.8 Å². The van der Waals surface area contributed by atoms with E-state index in [4.69, 9.17) is 0 Å². The van der Waals surface area contributed by atoms with Crippen molar-refractivity contribution in [3.63, 3.8) is 0 Å². The van der Waals surface area contributed by atoms with Crippen molar-refractivity contribution >= 4 is 27.5 Å². The molecule has 2 heterocycles. The normalized spacial score (nSPS) is 18.7. The lowest BCUT2D eigenvalue weighted by Crippen LogP contribution is -2.54. The van der Waals surface area contributed by atoms with Gasteiger partial charge in [-0.15, -0.1) is 0 Å². The zero-order chi connectivity index (χ0) is 29.0. The van der Waals surface area contributed by atoms with Gasteiger partial charge in [0.25, 0.3) is 15.6 Å². The SMILES string of the molecule is O=C1CN(C(=O)C[C@@H]2CCc3cc(C(O)(C(F)(F)F)C(F)(F)F)ccc3N2S(=O)(=O)c2ccc(F)cc2)CN1. The first-order valence-electron chi connectivity index (χ1n) is 11.3. The quantitative estimate of drug-likeness (QED) is 0.527.